The maximum absolute atomic E-state index is 12.2. The van der Waals surface area contributed by atoms with Gasteiger partial charge in [-0.15, -0.1) is 0 Å². The van der Waals surface area contributed by atoms with Crippen LogP contribution in [0.1, 0.15) is 19.8 Å². The SMILES string of the molecule is CC1C[C@H](C(=O)Nc2cnccc2Cl)[C@H](C(=O)O)C1. The number of hydrogen-bond acceptors (Lipinski definition) is 3. The number of aliphatic carboxylic acids is 1. The fourth-order valence-corrected chi connectivity index (χ4v) is 2.70. The third kappa shape index (κ3) is 3.04. The number of anilines is 1. The van der Waals surface area contributed by atoms with Gasteiger partial charge in [0.1, 0.15) is 0 Å². The Bertz CT molecular complexity index is 506. The third-order valence-electron chi connectivity index (χ3n) is 3.48. The molecule has 1 amide bonds. The van der Waals surface area contributed by atoms with Crippen molar-refractivity contribution >= 4 is 29.2 Å². The van der Waals surface area contributed by atoms with Crippen molar-refractivity contribution in [1.82, 2.24) is 4.98 Å². The van der Waals surface area contributed by atoms with Crippen molar-refractivity contribution in [2.24, 2.45) is 17.8 Å². The zero-order valence-electron chi connectivity index (χ0n) is 10.5. The van der Waals surface area contributed by atoms with E-state index in [2.05, 4.69) is 10.3 Å². The van der Waals surface area contributed by atoms with Crippen LogP contribution < -0.4 is 5.32 Å². The normalized spacial score (nSPS) is 26.1. The summed E-state index contributed by atoms with van der Waals surface area (Å²) >= 11 is 5.93. The third-order valence-corrected chi connectivity index (χ3v) is 3.81. The highest BCUT2D eigenvalue weighted by molar-refractivity contribution is 6.33. The van der Waals surface area contributed by atoms with Crippen molar-refractivity contribution in [3.63, 3.8) is 0 Å². The maximum atomic E-state index is 12.2. The predicted octanol–water partition coefficient (Wildman–Crippen LogP) is 2.42. The van der Waals surface area contributed by atoms with Gasteiger partial charge in [0.15, 0.2) is 0 Å². The second-order valence-corrected chi connectivity index (χ2v) is 5.38. The highest BCUT2D eigenvalue weighted by atomic mass is 35.5. The van der Waals surface area contributed by atoms with Crippen molar-refractivity contribution in [3.05, 3.63) is 23.5 Å². The first-order valence-electron chi connectivity index (χ1n) is 6.12. The smallest absolute Gasteiger partial charge is 0.307 e. The molecule has 6 heteroatoms. The number of nitrogens with one attached hydrogen (secondary N) is 1. The Balaban J connectivity index is 2.11. The summed E-state index contributed by atoms with van der Waals surface area (Å²) in [6, 6.07) is 1.57. The molecule has 0 spiro atoms. The maximum Gasteiger partial charge on any atom is 0.307 e. The largest absolute Gasteiger partial charge is 0.481 e. The van der Waals surface area contributed by atoms with Gasteiger partial charge in [-0.2, -0.15) is 0 Å². The van der Waals surface area contributed by atoms with E-state index in [1.54, 1.807) is 6.07 Å². The molecule has 1 aromatic rings. The van der Waals surface area contributed by atoms with Gasteiger partial charge in [0.05, 0.1) is 28.7 Å². The van der Waals surface area contributed by atoms with Gasteiger partial charge in [0, 0.05) is 6.20 Å². The highest BCUT2D eigenvalue weighted by Crippen LogP contribution is 2.37. The second-order valence-electron chi connectivity index (χ2n) is 4.97. The standard InChI is InChI=1S/C13H15ClN2O3/c1-7-4-8(9(5-7)13(18)19)12(17)16-11-6-15-3-2-10(11)14/h2-3,6-9H,4-5H2,1H3,(H,16,17)(H,18,19)/t7?,8-,9+/m0/s1. The minimum Gasteiger partial charge on any atom is -0.481 e. The lowest BCUT2D eigenvalue weighted by atomic mass is 9.95. The molecule has 1 saturated carbocycles. The van der Waals surface area contributed by atoms with Gasteiger partial charge in [0.2, 0.25) is 5.91 Å². The molecule has 1 aliphatic carbocycles. The van der Waals surface area contributed by atoms with Crippen molar-refractivity contribution in [1.29, 1.82) is 0 Å². The number of carbonyl (C=O) groups is 2. The molecule has 1 aliphatic rings. The summed E-state index contributed by atoms with van der Waals surface area (Å²) in [7, 11) is 0. The number of aromatic nitrogens is 1. The van der Waals surface area contributed by atoms with Crippen molar-refractivity contribution in [3.8, 4) is 0 Å². The fraction of sp³-hybridized carbons (Fsp3) is 0.462. The molecular weight excluding hydrogens is 268 g/mol. The van der Waals surface area contributed by atoms with Gasteiger partial charge in [-0.05, 0) is 24.8 Å². The molecule has 5 nitrogen and oxygen atoms in total. The number of hydrogen-bond donors (Lipinski definition) is 2. The van der Waals surface area contributed by atoms with E-state index in [4.69, 9.17) is 16.7 Å². The average Bonchev–Trinajstić information content (AvgIpc) is 2.74. The quantitative estimate of drug-likeness (QED) is 0.892. The fourth-order valence-electron chi connectivity index (χ4n) is 2.55. The first kappa shape index (κ1) is 13.8. The van der Waals surface area contributed by atoms with Crippen molar-refractivity contribution in [2.75, 3.05) is 5.32 Å². The summed E-state index contributed by atoms with van der Waals surface area (Å²) in [6.07, 6.45) is 4.10. The molecule has 1 unspecified atom stereocenters. The molecule has 102 valence electrons. The van der Waals surface area contributed by atoms with E-state index in [9.17, 15) is 9.59 Å². The van der Waals surface area contributed by atoms with Crippen LogP contribution in [-0.4, -0.2) is 22.0 Å². The van der Waals surface area contributed by atoms with Gasteiger partial charge in [-0.25, -0.2) is 0 Å². The van der Waals surface area contributed by atoms with Gasteiger partial charge in [-0.1, -0.05) is 18.5 Å². The Hall–Kier alpha value is -1.62. The van der Waals surface area contributed by atoms with E-state index in [0.717, 1.165) is 0 Å². The Morgan fingerprint density at radius 2 is 2.11 bits per heavy atom. The van der Waals surface area contributed by atoms with Crippen LogP contribution in [0.3, 0.4) is 0 Å². The summed E-state index contributed by atoms with van der Waals surface area (Å²) in [5.74, 6) is -2.11. The van der Waals surface area contributed by atoms with E-state index >= 15 is 0 Å². The summed E-state index contributed by atoms with van der Waals surface area (Å²) in [5.41, 5.74) is 0.415. The molecule has 1 fully saturated rings. The number of nitrogens with zero attached hydrogens (tertiary/aromatic N) is 1. The molecule has 3 atom stereocenters. The number of pyridine rings is 1. The minimum atomic E-state index is -0.915. The molecule has 2 rings (SSSR count). The molecular formula is C13H15ClN2O3. The summed E-state index contributed by atoms with van der Waals surface area (Å²) in [6.45, 7) is 1.96. The lowest BCUT2D eigenvalue weighted by molar-refractivity contribution is -0.145. The molecule has 1 heterocycles. The molecule has 19 heavy (non-hydrogen) atoms. The Kier molecular flexibility index (Phi) is 4.04. The van der Waals surface area contributed by atoms with E-state index in [0.29, 0.717) is 23.6 Å². The Morgan fingerprint density at radius 3 is 2.74 bits per heavy atom. The van der Waals surface area contributed by atoms with Crippen molar-refractivity contribution < 1.29 is 14.7 Å². The summed E-state index contributed by atoms with van der Waals surface area (Å²) in [4.78, 5) is 27.2. The highest BCUT2D eigenvalue weighted by Gasteiger charge is 2.41. The molecule has 0 saturated heterocycles. The van der Waals surface area contributed by atoms with E-state index in [1.807, 2.05) is 6.92 Å². The molecule has 0 bridgehead atoms. The molecule has 0 radical (unpaired) electrons. The summed E-state index contributed by atoms with van der Waals surface area (Å²) in [5, 5.41) is 12.2. The average molecular weight is 283 g/mol. The Morgan fingerprint density at radius 1 is 1.42 bits per heavy atom. The molecule has 2 N–H and O–H groups in total. The van der Waals surface area contributed by atoms with Crippen LogP contribution >= 0.6 is 11.6 Å². The number of amides is 1. The predicted molar refractivity (Wildman–Crippen MR) is 70.9 cm³/mol. The van der Waals surface area contributed by atoms with Crippen molar-refractivity contribution in [2.45, 2.75) is 19.8 Å². The number of rotatable bonds is 3. The molecule has 1 aromatic heterocycles. The first-order chi connectivity index (χ1) is 8.99. The lowest BCUT2D eigenvalue weighted by Crippen LogP contribution is -2.30. The van der Waals surface area contributed by atoms with Gasteiger partial charge >= 0.3 is 5.97 Å². The minimum absolute atomic E-state index is 0.237. The molecule has 0 aromatic carbocycles. The van der Waals surface area contributed by atoms with Crippen LogP contribution in [0.2, 0.25) is 5.02 Å². The lowest BCUT2D eigenvalue weighted by Gasteiger charge is -2.15. The monoisotopic (exact) mass is 282 g/mol. The molecule has 0 aliphatic heterocycles. The van der Waals surface area contributed by atoms with Crippen LogP contribution in [0.15, 0.2) is 18.5 Å². The van der Waals surface area contributed by atoms with Crippen LogP contribution in [0.4, 0.5) is 5.69 Å². The second kappa shape index (κ2) is 5.57. The van der Waals surface area contributed by atoms with E-state index in [1.165, 1.54) is 12.4 Å². The van der Waals surface area contributed by atoms with Gasteiger partial charge < -0.3 is 10.4 Å². The number of carboxylic acid groups (broad SMARTS) is 1. The number of carbonyl (C=O) groups excluding carboxylic acids is 1. The van der Waals surface area contributed by atoms with Gasteiger partial charge in [-0.3, -0.25) is 14.6 Å². The van der Waals surface area contributed by atoms with Crippen LogP contribution in [-0.2, 0) is 9.59 Å². The zero-order valence-corrected chi connectivity index (χ0v) is 11.2. The van der Waals surface area contributed by atoms with Gasteiger partial charge in [0.25, 0.3) is 0 Å². The number of halogens is 1. The Labute approximate surface area is 116 Å². The zero-order chi connectivity index (χ0) is 14.0. The topological polar surface area (TPSA) is 79.3 Å². The summed E-state index contributed by atoms with van der Waals surface area (Å²) < 4.78 is 0. The van der Waals surface area contributed by atoms with Crippen LogP contribution in [0.25, 0.3) is 0 Å². The van der Waals surface area contributed by atoms with E-state index in [-0.39, 0.29) is 11.8 Å². The number of carboxylic acids is 1. The van der Waals surface area contributed by atoms with Crippen LogP contribution in [0, 0.1) is 17.8 Å². The van der Waals surface area contributed by atoms with Crippen LogP contribution in [0.5, 0.6) is 0 Å². The first-order valence-corrected chi connectivity index (χ1v) is 6.50. The van der Waals surface area contributed by atoms with E-state index < -0.39 is 17.8 Å².